The molecule has 4 nitrogen and oxygen atoms in total. The first kappa shape index (κ1) is 16.5. The molecule has 0 bridgehead atoms. The van der Waals surface area contributed by atoms with E-state index in [9.17, 15) is 0 Å². The van der Waals surface area contributed by atoms with Crippen LogP contribution in [0.15, 0.2) is 42.5 Å². The van der Waals surface area contributed by atoms with Crippen LogP contribution in [-0.2, 0) is 0 Å². The number of ether oxygens (including phenoxy) is 2. The van der Waals surface area contributed by atoms with E-state index >= 15 is 0 Å². The topological polar surface area (TPSA) is 47.7 Å². The SMILES string of the molecule is Cc1cccc(OCCCN2CC(C)(C)Oc3ccc(N)cc32)c1. The van der Waals surface area contributed by atoms with E-state index in [1.807, 2.05) is 30.3 Å². The van der Waals surface area contributed by atoms with Crippen molar-refractivity contribution in [3.8, 4) is 11.5 Å². The lowest BCUT2D eigenvalue weighted by Gasteiger charge is -2.41. The van der Waals surface area contributed by atoms with Crippen LogP contribution in [-0.4, -0.2) is 25.3 Å². The second kappa shape index (κ2) is 6.63. The molecule has 0 saturated carbocycles. The lowest BCUT2D eigenvalue weighted by molar-refractivity contribution is 0.104. The molecule has 24 heavy (non-hydrogen) atoms. The standard InChI is InChI=1S/C20H26N2O2/c1-15-6-4-7-17(12-15)23-11-5-10-22-14-20(2,3)24-19-9-8-16(21)13-18(19)22/h4,6-9,12-13H,5,10-11,14,21H2,1-3H3. The van der Waals surface area contributed by atoms with E-state index in [1.165, 1.54) is 5.56 Å². The third-order valence-corrected chi connectivity index (χ3v) is 4.11. The molecule has 0 fully saturated rings. The Hall–Kier alpha value is -2.36. The van der Waals surface area contributed by atoms with Crippen LogP contribution < -0.4 is 20.1 Å². The van der Waals surface area contributed by atoms with Crippen LogP contribution in [0.3, 0.4) is 0 Å². The molecular formula is C20H26N2O2. The first-order valence-electron chi connectivity index (χ1n) is 8.46. The highest BCUT2D eigenvalue weighted by atomic mass is 16.5. The van der Waals surface area contributed by atoms with Gasteiger partial charge in [-0.1, -0.05) is 12.1 Å². The van der Waals surface area contributed by atoms with Crippen molar-refractivity contribution in [2.24, 2.45) is 0 Å². The van der Waals surface area contributed by atoms with Crippen molar-refractivity contribution < 1.29 is 9.47 Å². The lowest BCUT2D eigenvalue weighted by atomic mass is 10.0. The number of hydrogen-bond acceptors (Lipinski definition) is 4. The highest BCUT2D eigenvalue weighted by Gasteiger charge is 2.31. The molecule has 0 atom stereocenters. The normalized spacial score (nSPS) is 15.5. The number of nitrogens with two attached hydrogens (primary N) is 1. The van der Waals surface area contributed by atoms with Crippen molar-refractivity contribution in [2.75, 3.05) is 30.3 Å². The van der Waals surface area contributed by atoms with Gasteiger partial charge in [0.2, 0.25) is 0 Å². The van der Waals surface area contributed by atoms with Crippen molar-refractivity contribution in [3.63, 3.8) is 0 Å². The van der Waals surface area contributed by atoms with Gasteiger partial charge in [0, 0.05) is 12.2 Å². The number of rotatable bonds is 5. The molecule has 128 valence electrons. The van der Waals surface area contributed by atoms with Gasteiger partial charge in [-0.2, -0.15) is 0 Å². The summed E-state index contributed by atoms with van der Waals surface area (Å²) in [6.07, 6.45) is 0.943. The third kappa shape index (κ3) is 3.94. The van der Waals surface area contributed by atoms with E-state index in [0.717, 1.165) is 42.4 Å². The zero-order valence-corrected chi connectivity index (χ0v) is 14.7. The van der Waals surface area contributed by atoms with Gasteiger partial charge in [0.05, 0.1) is 18.8 Å². The maximum Gasteiger partial charge on any atom is 0.143 e. The number of aryl methyl sites for hydroxylation is 1. The smallest absolute Gasteiger partial charge is 0.143 e. The van der Waals surface area contributed by atoms with Gasteiger partial charge < -0.3 is 20.1 Å². The third-order valence-electron chi connectivity index (χ3n) is 4.11. The summed E-state index contributed by atoms with van der Waals surface area (Å²) in [5.41, 5.74) is 8.79. The Balaban J connectivity index is 1.61. The highest BCUT2D eigenvalue weighted by molar-refractivity contribution is 5.66. The molecule has 1 heterocycles. The molecule has 1 aliphatic heterocycles. The molecule has 2 aromatic carbocycles. The Morgan fingerprint density at radius 1 is 1.21 bits per heavy atom. The molecule has 0 amide bonds. The monoisotopic (exact) mass is 326 g/mol. The van der Waals surface area contributed by atoms with Crippen molar-refractivity contribution in [3.05, 3.63) is 48.0 Å². The maximum absolute atomic E-state index is 6.06. The maximum atomic E-state index is 6.06. The van der Waals surface area contributed by atoms with E-state index in [4.69, 9.17) is 15.2 Å². The number of anilines is 2. The molecule has 0 aliphatic carbocycles. The Kier molecular flexibility index (Phi) is 4.56. The Labute approximate surface area is 144 Å². The number of nitrogens with zero attached hydrogens (tertiary/aromatic N) is 1. The van der Waals surface area contributed by atoms with Crippen molar-refractivity contribution in [1.29, 1.82) is 0 Å². The minimum atomic E-state index is -0.208. The van der Waals surface area contributed by atoms with Crippen LogP contribution in [0.4, 0.5) is 11.4 Å². The molecule has 0 aromatic heterocycles. The molecule has 0 saturated heterocycles. The summed E-state index contributed by atoms with van der Waals surface area (Å²) < 4.78 is 11.9. The number of fused-ring (bicyclic) bond motifs is 1. The minimum Gasteiger partial charge on any atom is -0.494 e. The summed E-state index contributed by atoms with van der Waals surface area (Å²) in [5.74, 6) is 1.84. The Morgan fingerprint density at radius 3 is 2.83 bits per heavy atom. The van der Waals surface area contributed by atoms with Crippen molar-refractivity contribution >= 4 is 11.4 Å². The van der Waals surface area contributed by atoms with Crippen molar-refractivity contribution in [1.82, 2.24) is 0 Å². The van der Waals surface area contributed by atoms with E-state index in [2.05, 4.69) is 37.8 Å². The van der Waals surface area contributed by atoms with Gasteiger partial charge in [-0.05, 0) is 63.1 Å². The summed E-state index contributed by atoms with van der Waals surface area (Å²) in [6, 6.07) is 14.0. The average Bonchev–Trinajstić information content (AvgIpc) is 2.51. The minimum absolute atomic E-state index is 0.208. The predicted octanol–water partition coefficient (Wildman–Crippen LogP) is 4.02. The molecule has 2 N–H and O–H groups in total. The summed E-state index contributed by atoms with van der Waals surface area (Å²) in [5, 5.41) is 0. The highest BCUT2D eigenvalue weighted by Crippen LogP contribution is 2.38. The second-order valence-electron chi connectivity index (χ2n) is 7.03. The molecule has 3 rings (SSSR count). The molecular weight excluding hydrogens is 300 g/mol. The van der Waals surface area contributed by atoms with E-state index < -0.39 is 0 Å². The summed E-state index contributed by atoms with van der Waals surface area (Å²) in [4.78, 5) is 2.34. The molecule has 0 radical (unpaired) electrons. The quantitative estimate of drug-likeness (QED) is 0.666. The largest absolute Gasteiger partial charge is 0.494 e. The van der Waals surface area contributed by atoms with Crippen LogP contribution in [0.2, 0.25) is 0 Å². The average molecular weight is 326 g/mol. The molecule has 0 spiro atoms. The van der Waals surface area contributed by atoms with Crippen LogP contribution in [0, 0.1) is 6.92 Å². The fourth-order valence-electron chi connectivity index (χ4n) is 3.09. The zero-order chi connectivity index (χ0) is 17.2. The van der Waals surface area contributed by atoms with Gasteiger partial charge in [-0.15, -0.1) is 0 Å². The summed E-state index contributed by atoms with van der Waals surface area (Å²) in [7, 11) is 0. The zero-order valence-electron chi connectivity index (χ0n) is 14.7. The first-order valence-corrected chi connectivity index (χ1v) is 8.46. The fraction of sp³-hybridized carbons (Fsp3) is 0.400. The predicted molar refractivity (Wildman–Crippen MR) is 99.1 cm³/mol. The summed E-state index contributed by atoms with van der Waals surface area (Å²) >= 11 is 0. The summed E-state index contributed by atoms with van der Waals surface area (Å²) in [6.45, 7) is 8.75. The van der Waals surface area contributed by atoms with Gasteiger partial charge in [-0.25, -0.2) is 0 Å². The van der Waals surface area contributed by atoms with E-state index in [1.54, 1.807) is 0 Å². The van der Waals surface area contributed by atoms with Crippen molar-refractivity contribution in [2.45, 2.75) is 32.8 Å². The number of benzene rings is 2. The second-order valence-corrected chi connectivity index (χ2v) is 7.03. The van der Waals surface area contributed by atoms with Gasteiger partial charge in [0.25, 0.3) is 0 Å². The lowest BCUT2D eigenvalue weighted by Crippen LogP contribution is -2.47. The molecule has 2 aromatic rings. The number of hydrogen-bond donors (Lipinski definition) is 1. The van der Waals surface area contributed by atoms with Gasteiger partial charge in [0.15, 0.2) is 0 Å². The van der Waals surface area contributed by atoms with E-state index in [0.29, 0.717) is 6.61 Å². The first-order chi connectivity index (χ1) is 11.4. The van der Waals surface area contributed by atoms with Crippen LogP contribution >= 0.6 is 0 Å². The van der Waals surface area contributed by atoms with Crippen LogP contribution in [0.25, 0.3) is 0 Å². The van der Waals surface area contributed by atoms with Gasteiger partial charge >= 0.3 is 0 Å². The Bertz CT molecular complexity index is 713. The van der Waals surface area contributed by atoms with E-state index in [-0.39, 0.29) is 5.60 Å². The van der Waals surface area contributed by atoms with Crippen LogP contribution in [0.5, 0.6) is 11.5 Å². The fourth-order valence-corrected chi connectivity index (χ4v) is 3.09. The van der Waals surface area contributed by atoms with Gasteiger partial charge in [0.1, 0.15) is 17.1 Å². The Morgan fingerprint density at radius 2 is 2.04 bits per heavy atom. The molecule has 4 heteroatoms. The van der Waals surface area contributed by atoms with Crippen LogP contribution in [0.1, 0.15) is 25.8 Å². The molecule has 1 aliphatic rings. The number of nitrogen functional groups attached to an aromatic ring is 1. The molecule has 0 unspecified atom stereocenters. The van der Waals surface area contributed by atoms with Gasteiger partial charge in [-0.3, -0.25) is 0 Å².